The highest BCUT2D eigenvalue weighted by atomic mass is 16.6. The Morgan fingerprint density at radius 3 is 2.23 bits per heavy atom. The third kappa shape index (κ3) is 4.92. The van der Waals surface area contributed by atoms with Gasteiger partial charge in [0, 0.05) is 0 Å². The molecule has 1 saturated heterocycles. The molecule has 3 rings (SSSR count). The zero-order valence-corrected chi connectivity index (χ0v) is 14.8. The minimum atomic E-state index is -0.784. The normalized spacial score (nSPS) is 19.4. The van der Waals surface area contributed by atoms with Crippen molar-refractivity contribution in [3.05, 3.63) is 71.8 Å². The molecule has 0 bridgehead atoms. The second-order valence-electron chi connectivity index (χ2n) is 6.67. The first-order chi connectivity index (χ1) is 12.6. The van der Waals surface area contributed by atoms with E-state index < -0.39 is 17.7 Å². The van der Waals surface area contributed by atoms with Crippen LogP contribution in [-0.2, 0) is 27.3 Å². The number of ketones is 1. The number of amides is 1. The summed E-state index contributed by atoms with van der Waals surface area (Å²) < 4.78 is 10.5. The molecule has 136 valence electrons. The number of ether oxygens (including phenoxy) is 2. The van der Waals surface area contributed by atoms with Crippen molar-refractivity contribution in [2.45, 2.75) is 38.0 Å². The molecule has 5 nitrogen and oxygen atoms in total. The van der Waals surface area contributed by atoms with E-state index in [2.05, 4.69) is 5.32 Å². The van der Waals surface area contributed by atoms with Crippen LogP contribution in [0.1, 0.15) is 24.5 Å². The van der Waals surface area contributed by atoms with E-state index in [9.17, 15) is 9.59 Å². The van der Waals surface area contributed by atoms with Crippen molar-refractivity contribution in [2.75, 3.05) is 6.61 Å². The van der Waals surface area contributed by atoms with Crippen LogP contribution in [0, 0.1) is 0 Å². The van der Waals surface area contributed by atoms with Crippen molar-refractivity contribution in [3.63, 3.8) is 0 Å². The predicted octanol–water partition coefficient (Wildman–Crippen LogP) is 3.27. The molecule has 0 saturated carbocycles. The minimum absolute atomic E-state index is 0.106. The largest absolute Gasteiger partial charge is 0.445 e. The minimum Gasteiger partial charge on any atom is -0.445 e. The van der Waals surface area contributed by atoms with Crippen LogP contribution in [-0.4, -0.2) is 30.1 Å². The Balaban J connectivity index is 1.57. The summed E-state index contributed by atoms with van der Waals surface area (Å²) in [7, 11) is 0. The Labute approximate surface area is 153 Å². The molecule has 2 aromatic rings. The first-order valence-corrected chi connectivity index (χ1v) is 8.76. The summed E-state index contributed by atoms with van der Waals surface area (Å²) >= 11 is 0. The molecule has 1 amide bonds. The number of rotatable bonds is 8. The first-order valence-electron chi connectivity index (χ1n) is 8.76. The molecule has 1 aliphatic heterocycles. The Kier molecular flexibility index (Phi) is 5.68. The number of carbonyl (C=O) groups excluding carboxylic acids is 2. The maximum absolute atomic E-state index is 12.7. The highest BCUT2D eigenvalue weighted by Crippen LogP contribution is 2.29. The summed E-state index contributed by atoms with van der Waals surface area (Å²) in [5.41, 5.74) is 1.23. The van der Waals surface area contributed by atoms with Crippen LogP contribution in [0.25, 0.3) is 0 Å². The fourth-order valence-electron chi connectivity index (χ4n) is 2.75. The topological polar surface area (TPSA) is 67.9 Å². The lowest BCUT2D eigenvalue weighted by atomic mass is 9.95. The van der Waals surface area contributed by atoms with Gasteiger partial charge in [-0.2, -0.15) is 0 Å². The Morgan fingerprint density at radius 1 is 1.08 bits per heavy atom. The van der Waals surface area contributed by atoms with Crippen molar-refractivity contribution < 1.29 is 19.1 Å². The van der Waals surface area contributed by atoms with E-state index in [1.807, 2.05) is 60.7 Å². The quantitative estimate of drug-likeness (QED) is 0.740. The van der Waals surface area contributed by atoms with Gasteiger partial charge in [-0.1, -0.05) is 60.7 Å². The second-order valence-corrected chi connectivity index (χ2v) is 6.67. The van der Waals surface area contributed by atoms with Gasteiger partial charge in [-0.15, -0.1) is 0 Å². The summed E-state index contributed by atoms with van der Waals surface area (Å²) in [5, 5.41) is 2.71. The van der Waals surface area contributed by atoms with Crippen LogP contribution in [0.5, 0.6) is 0 Å². The van der Waals surface area contributed by atoms with Crippen molar-refractivity contribution in [1.82, 2.24) is 5.32 Å². The third-order valence-electron chi connectivity index (χ3n) is 4.48. The molecular formula is C21H23NO4. The number of Topliss-reactive ketones (excluding diaryl/α,β-unsaturated/α-hetero) is 1. The SMILES string of the molecule is CC1(C(=O)C(CCc2ccccc2)NC(=O)OCc2ccccc2)CO1. The summed E-state index contributed by atoms with van der Waals surface area (Å²) in [5.74, 6) is -0.106. The van der Waals surface area contributed by atoms with Crippen molar-refractivity contribution >= 4 is 11.9 Å². The molecular weight excluding hydrogens is 330 g/mol. The number of nitrogens with one attached hydrogen (secondary N) is 1. The summed E-state index contributed by atoms with van der Waals surface area (Å²) in [6.45, 7) is 2.32. The molecule has 1 aliphatic rings. The van der Waals surface area contributed by atoms with Gasteiger partial charge < -0.3 is 14.8 Å². The molecule has 2 aromatic carbocycles. The Morgan fingerprint density at radius 2 is 1.65 bits per heavy atom. The van der Waals surface area contributed by atoms with Gasteiger partial charge in [-0.05, 0) is 30.9 Å². The van der Waals surface area contributed by atoms with E-state index >= 15 is 0 Å². The third-order valence-corrected chi connectivity index (χ3v) is 4.48. The highest BCUT2D eigenvalue weighted by Gasteiger charge is 2.50. The average molecular weight is 353 g/mol. The van der Waals surface area contributed by atoms with Gasteiger partial charge in [0.2, 0.25) is 0 Å². The Hall–Kier alpha value is -2.66. The lowest BCUT2D eigenvalue weighted by Gasteiger charge is -2.19. The van der Waals surface area contributed by atoms with Crippen molar-refractivity contribution in [2.24, 2.45) is 0 Å². The summed E-state index contributed by atoms with van der Waals surface area (Å²) in [6.07, 6.45) is 0.596. The van der Waals surface area contributed by atoms with E-state index in [-0.39, 0.29) is 12.4 Å². The monoisotopic (exact) mass is 353 g/mol. The van der Waals surface area contributed by atoms with Gasteiger partial charge in [0.25, 0.3) is 0 Å². The standard InChI is InChI=1S/C21H23NO4/c1-21(15-26-21)19(23)18(13-12-16-8-4-2-5-9-16)22-20(24)25-14-17-10-6-3-7-11-17/h2-11,18H,12-15H2,1H3,(H,22,24). The molecule has 1 fully saturated rings. The number of hydrogen-bond acceptors (Lipinski definition) is 4. The summed E-state index contributed by atoms with van der Waals surface area (Å²) in [6, 6.07) is 18.7. The van der Waals surface area contributed by atoms with Gasteiger partial charge in [0.05, 0.1) is 12.6 Å². The molecule has 0 spiro atoms. The number of hydrogen-bond donors (Lipinski definition) is 1. The number of alkyl carbamates (subject to hydrolysis) is 1. The highest BCUT2D eigenvalue weighted by molar-refractivity contribution is 5.95. The average Bonchev–Trinajstić information content (AvgIpc) is 3.43. The van der Waals surface area contributed by atoms with E-state index in [0.717, 1.165) is 11.1 Å². The number of benzene rings is 2. The predicted molar refractivity (Wildman–Crippen MR) is 97.7 cm³/mol. The van der Waals surface area contributed by atoms with Gasteiger partial charge in [-0.25, -0.2) is 4.79 Å². The molecule has 5 heteroatoms. The van der Waals surface area contributed by atoms with Crippen LogP contribution >= 0.6 is 0 Å². The molecule has 1 N–H and O–H groups in total. The fourth-order valence-corrected chi connectivity index (χ4v) is 2.75. The molecule has 2 unspecified atom stereocenters. The van der Waals surface area contributed by atoms with Crippen molar-refractivity contribution in [3.8, 4) is 0 Å². The molecule has 2 atom stereocenters. The lowest BCUT2D eigenvalue weighted by Crippen LogP contribution is -2.46. The molecule has 26 heavy (non-hydrogen) atoms. The first kappa shape index (κ1) is 18.1. The van der Waals surface area contributed by atoms with Gasteiger partial charge in [0.1, 0.15) is 12.2 Å². The lowest BCUT2D eigenvalue weighted by molar-refractivity contribution is -0.125. The van der Waals surface area contributed by atoms with Crippen LogP contribution < -0.4 is 5.32 Å². The zero-order valence-electron chi connectivity index (χ0n) is 14.8. The molecule has 0 aliphatic carbocycles. The molecule has 1 heterocycles. The smallest absolute Gasteiger partial charge is 0.408 e. The van der Waals surface area contributed by atoms with Crippen LogP contribution in [0.3, 0.4) is 0 Å². The second kappa shape index (κ2) is 8.15. The van der Waals surface area contributed by atoms with Gasteiger partial charge in [0.15, 0.2) is 5.78 Å². The van der Waals surface area contributed by atoms with E-state index in [1.165, 1.54) is 0 Å². The van der Waals surface area contributed by atoms with Crippen molar-refractivity contribution in [1.29, 1.82) is 0 Å². The van der Waals surface area contributed by atoms with Crippen LogP contribution in [0.4, 0.5) is 4.79 Å². The molecule has 0 radical (unpaired) electrons. The van der Waals surface area contributed by atoms with E-state index in [0.29, 0.717) is 19.4 Å². The maximum atomic E-state index is 12.7. The zero-order chi connectivity index (χ0) is 18.4. The molecule has 0 aromatic heterocycles. The van der Waals surface area contributed by atoms with E-state index in [1.54, 1.807) is 6.92 Å². The summed E-state index contributed by atoms with van der Waals surface area (Å²) in [4.78, 5) is 24.8. The van der Waals surface area contributed by atoms with Gasteiger partial charge in [-0.3, -0.25) is 4.79 Å². The van der Waals surface area contributed by atoms with Crippen LogP contribution in [0.15, 0.2) is 60.7 Å². The number of epoxide rings is 1. The van der Waals surface area contributed by atoms with Gasteiger partial charge >= 0.3 is 6.09 Å². The van der Waals surface area contributed by atoms with Crippen LogP contribution in [0.2, 0.25) is 0 Å². The van der Waals surface area contributed by atoms with E-state index in [4.69, 9.17) is 9.47 Å². The number of carbonyl (C=O) groups is 2. The maximum Gasteiger partial charge on any atom is 0.408 e. The fraction of sp³-hybridized carbons (Fsp3) is 0.333. The Bertz CT molecular complexity index is 741. The number of aryl methyl sites for hydroxylation is 1.